The molecule has 2 rings (SSSR count). The first kappa shape index (κ1) is 28.2. The molecule has 1 unspecified atom stereocenters. The van der Waals surface area contributed by atoms with Crippen molar-refractivity contribution in [2.75, 3.05) is 10.6 Å². The average molecular weight is 549 g/mol. The first-order chi connectivity index (χ1) is 15.7. The van der Waals surface area contributed by atoms with E-state index in [1.54, 1.807) is 10.6 Å². The number of alkyl halides is 13. The highest BCUT2D eigenvalue weighted by atomic mass is 35.5. The topological polar surface area (TPSA) is 50.4 Å². The number of nitrogens with one attached hydrogen (secondary N) is 2. The van der Waals surface area contributed by atoms with E-state index in [1.165, 1.54) is 0 Å². The lowest BCUT2D eigenvalue weighted by molar-refractivity contribution is -0.203. The average Bonchev–Trinajstić information content (AvgIpc) is 2.66. The standard InChI is InChI=1S/C18H9ClF12N2O2/c19-13(20)18(30,31)35-12-2-1-9(6-11(12)17(27,28)29)32-14(34)33-10-4-7(15(21,22)23)3-8(5-10)16(24,25)26/h1-6,13H,(H2,32,33,34). The monoisotopic (exact) mass is 548 g/mol. The Bertz CT molecular complexity index is 1050. The van der Waals surface area contributed by atoms with E-state index in [4.69, 9.17) is 0 Å². The Labute approximate surface area is 191 Å². The molecule has 2 aromatic carbocycles. The fourth-order valence-corrected chi connectivity index (χ4v) is 2.47. The lowest BCUT2D eigenvalue weighted by Crippen LogP contribution is -2.33. The molecular formula is C18H9ClF12N2O2. The smallest absolute Gasteiger partial charge is 0.429 e. The largest absolute Gasteiger partial charge is 0.444 e. The van der Waals surface area contributed by atoms with Crippen LogP contribution in [0.3, 0.4) is 0 Å². The van der Waals surface area contributed by atoms with E-state index < -0.39 is 70.1 Å². The Balaban J connectivity index is 2.34. The van der Waals surface area contributed by atoms with Crippen molar-refractivity contribution in [1.82, 2.24) is 0 Å². The van der Waals surface area contributed by atoms with Crippen LogP contribution in [0.4, 0.5) is 68.9 Å². The van der Waals surface area contributed by atoms with Crippen LogP contribution >= 0.6 is 11.6 Å². The molecule has 0 saturated heterocycles. The van der Waals surface area contributed by atoms with Gasteiger partial charge < -0.3 is 15.4 Å². The Kier molecular flexibility index (Phi) is 7.69. The third-order valence-corrected chi connectivity index (χ3v) is 4.14. The number of benzene rings is 2. The third-order valence-electron chi connectivity index (χ3n) is 3.89. The molecule has 35 heavy (non-hydrogen) atoms. The summed E-state index contributed by atoms with van der Waals surface area (Å²) in [4.78, 5) is 12.0. The normalized spacial score (nSPS) is 13.9. The molecule has 4 nitrogen and oxygen atoms in total. The lowest BCUT2D eigenvalue weighted by Gasteiger charge is -2.21. The van der Waals surface area contributed by atoms with Gasteiger partial charge in [-0.05, 0) is 36.4 Å². The molecule has 0 aromatic heterocycles. The summed E-state index contributed by atoms with van der Waals surface area (Å²) in [5.74, 6) is -1.59. The summed E-state index contributed by atoms with van der Waals surface area (Å²) in [7, 11) is 0. The van der Waals surface area contributed by atoms with Crippen molar-refractivity contribution < 1.29 is 62.2 Å². The van der Waals surface area contributed by atoms with Crippen molar-refractivity contribution in [2.45, 2.75) is 30.3 Å². The lowest BCUT2D eigenvalue weighted by atomic mass is 10.1. The molecule has 2 aromatic rings. The van der Waals surface area contributed by atoms with Gasteiger partial charge in [0.15, 0.2) is 0 Å². The van der Waals surface area contributed by atoms with Crippen molar-refractivity contribution in [3.05, 3.63) is 53.1 Å². The Morgan fingerprint density at radius 2 is 1.23 bits per heavy atom. The number of ether oxygens (including phenoxy) is 1. The number of anilines is 2. The Hall–Kier alpha value is -3.04. The summed E-state index contributed by atoms with van der Waals surface area (Å²) >= 11 is 4.51. The Morgan fingerprint density at radius 3 is 1.66 bits per heavy atom. The predicted octanol–water partition coefficient (Wildman–Crippen LogP) is 7.89. The summed E-state index contributed by atoms with van der Waals surface area (Å²) in [6.07, 6.45) is -20.8. The number of hydrogen-bond donors (Lipinski definition) is 2. The number of urea groups is 1. The summed E-state index contributed by atoms with van der Waals surface area (Å²) in [6, 6.07) is -0.708. The molecule has 2 N–H and O–H groups in total. The maximum absolute atomic E-state index is 13.2. The summed E-state index contributed by atoms with van der Waals surface area (Å²) < 4.78 is 160. The Morgan fingerprint density at radius 1 is 0.743 bits per heavy atom. The second kappa shape index (κ2) is 9.54. The van der Waals surface area contributed by atoms with Crippen molar-refractivity contribution in [2.24, 2.45) is 0 Å². The van der Waals surface area contributed by atoms with Crippen molar-refractivity contribution >= 4 is 29.0 Å². The van der Waals surface area contributed by atoms with E-state index in [0.717, 1.165) is 0 Å². The van der Waals surface area contributed by atoms with Crippen LogP contribution < -0.4 is 15.4 Å². The highest BCUT2D eigenvalue weighted by Gasteiger charge is 2.45. The molecule has 194 valence electrons. The van der Waals surface area contributed by atoms with E-state index in [1.807, 2.05) is 0 Å². The highest BCUT2D eigenvalue weighted by molar-refractivity contribution is 6.20. The van der Waals surface area contributed by atoms with Gasteiger partial charge in [0.25, 0.3) is 5.63 Å². The molecule has 0 aliphatic rings. The van der Waals surface area contributed by atoms with Crippen LogP contribution in [0.1, 0.15) is 16.7 Å². The molecule has 17 heteroatoms. The van der Waals surface area contributed by atoms with Crippen LogP contribution in [0.15, 0.2) is 36.4 Å². The van der Waals surface area contributed by atoms with Crippen LogP contribution in [-0.2, 0) is 18.5 Å². The minimum Gasteiger partial charge on any atom is -0.429 e. The first-order valence-electron chi connectivity index (χ1n) is 8.64. The van der Waals surface area contributed by atoms with Gasteiger partial charge in [-0.15, -0.1) is 0 Å². The fraction of sp³-hybridized carbons (Fsp3) is 0.278. The number of halogens is 13. The van der Waals surface area contributed by atoms with Gasteiger partial charge >= 0.3 is 30.7 Å². The second-order valence-corrected chi connectivity index (χ2v) is 6.93. The van der Waals surface area contributed by atoms with E-state index in [2.05, 4.69) is 16.3 Å². The molecule has 0 fully saturated rings. The van der Waals surface area contributed by atoms with Gasteiger partial charge in [-0.25, -0.2) is 9.18 Å². The molecular weight excluding hydrogens is 540 g/mol. The van der Waals surface area contributed by atoms with Gasteiger partial charge in [-0.3, -0.25) is 0 Å². The number of carbonyl (C=O) groups excluding carboxylic acids is 1. The number of amides is 2. The second-order valence-electron chi connectivity index (χ2n) is 6.55. The van der Waals surface area contributed by atoms with Crippen LogP contribution in [0.25, 0.3) is 0 Å². The molecule has 0 spiro atoms. The molecule has 0 bridgehead atoms. The van der Waals surface area contributed by atoms with Crippen LogP contribution in [0, 0.1) is 0 Å². The van der Waals surface area contributed by atoms with Gasteiger partial charge in [0.2, 0.25) is 0 Å². The van der Waals surface area contributed by atoms with Crippen molar-refractivity contribution in [3.8, 4) is 5.75 Å². The summed E-state index contributed by atoms with van der Waals surface area (Å²) in [6.45, 7) is 0. The molecule has 0 saturated carbocycles. The maximum Gasteiger partial charge on any atom is 0.444 e. The number of rotatable bonds is 5. The van der Waals surface area contributed by atoms with Crippen LogP contribution in [0.5, 0.6) is 5.75 Å². The zero-order valence-corrected chi connectivity index (χ0v) is 17.0. The zero-order valence-electron chi connectivity index (χ0n) is 16.3. The van der Waals surface area contributed by atoms with Gasteiger partial charge in [0.1, 0.15) is 5.75 Å². The van der Waals surface area contributed by atoms with Gasteiger partial charge in [-0.2, -0.15) is 48.3 Å². The molecule has 1 atom stereocenters. The minimum atomic E-state index is -5.39. The van der Waals surface area contributed by atoms with E-state index in [-0.39, 0.29) is 30.3 Å². The molecule has 2 amide bonds. The van der Waals surface area contributed by atoms with Gasteiger partial charge in [0, 0.05) is 11.4 Å². The van der Waals surface area contributed by atoms with Crippen LogP contribution in [0.2, 0.25) is 0 Å². The predicted molar refractivity (Wildman–Crippen MR) is 96.9 cm³/mol. The summed E-state index contributed by atoms with van der Waals surface area (Å²) in [5, 5.41) is 3.27. The number of carbonyl (C=O) groups is 1. The van der Waals surface area contributed by atoms with Gasteiger partial charge in [-0.1, -0.05) is 11.6 Å². The highest BCUT2D eigenvalue weighted by Crippen LogP contribution is 2.41. The van der Waals surface area contributed by atoms with Gasteiger partial charge in [0.05, 0.1) is 16.7 Å². The molecule has 0 aliphatic carbocycles. The van der Waals surface area contributed by atoms with Crippen LogP contribution in [-0.4, -0.2) is 17.8 Å². The molecule has 0 aliphatic heterocycles. The maximum atomic E-state index is 13.2. The summed E-state index contributed by atoms with van der Waals surface area (Å²) in [5.41, 5.74) is -10.8. The third kappa shape index (κ3) is 7.47. The van der Waals surface area contributed by atoms with Crippen molar-refractivity contribution in [3.63, 3.8) is 0 Å². The minimum absolute atomic E-state index is 0.0414. The molecule has 0 heterocycles. The first-order valence-corrected chi connectivity index (χ1v) is 9.07. The fourth-order valence-electron chi connectivity index (χ4n) is 2.43. The quantitative estimate of drug-likeness (QED) is 0.295. The van der Waals surface area contributed by atoms with E-state index >= 15 is 0 Å². The van der Waals surface area contributed by atoms with E-state index in [0.29, 0.717) is 6.07 Å². The zero-order chi connectivity index (χ0) is 27.0. The SMILES string of the molecule is O=C(Nc1cc(C(F)(F)F)cc(C(F)(F)F)c1)Nc1ccc(OC(F)(F)C(F)Cl)c(C(F)(F)F)c1. The van der Waals surface area contributed by atoms with Crippen molar-refractivity contribution in [1.29, 1.82) is 0 Å². The number of hydrogen-bond acceptors (Lipinski definition) is 2. The molecule has 0 radical (unpaired) electrons. The van der Waals surface area contributed by atoms with E-state index in [9.17, 15) is 57.5 Å².